The average Bonchev–Trinajstić information content (AvgIpc) is 2.63. The zero-order chi connectivity index (χ0) is 16.4. The van der Waals surface area contributed by atoms with Crippen molar-refractivity contribution in [2.24, 2.45) is 4.99 Å². The van der Waals surface area contributed by atoms with E-state index < -0.39 is 0 Å². The SMILES string of the molecule is Oc1ccc2ccccc2c1C=NC[C@@H]1COc2ccccc2O1. The van der Waals surface area contributed by atoms with Gasteiger partial charge in [0.1, 0.15) is 12.4 Å². The maximum absolute atomic E-state index is 10.1. The fraction of sp³-hybridized carbons (Fsp3) is 0.150. The van der Waals surface area contributed by atoms with Crippen molar-refractivity contribution in [2.45, 2.75) is 6.10 Å². The highest BCUT2D eigenvalue weighted by molar-refractivity contribution is 6.02. The number of rotatable bonds is 3. The molecule has 0 fully saturated rings. The van der Waals surface area contributed by atoms with Crippen LogP contribution in [0.4, 0.5) is 0 Å². The lowest BCUT2D eigenvalue weighted by Gasteiger charge is -2.25. The zero-order valence-electron chi connectivity index (χ0n) is 13.1. The third-order valence-corrected chi connectivity index (χ3v) is 4.04. The maximum atomic E-state index is 10.1. The Labute approximate surface area is 140 Å². The van der Waals surface area contributed by atoms with Crippen LogP contribution in [-0.4, -0.2) is 30.6 Å². The summed E-state index contributed by atoms with van der Waals surface area (Å²) in [6.45, 7) is 0.937. The van der Waals surface area contributed by atoms with Gasteiger partial charge in [0, 0.05) is 11.8 Å². The van der Waals surface area contributed by atoms with Crippen molar-refractivity contribution in [3.8, 4) is 17.2 Å². The summed E-state index contributed by atoms with van der Waals surface area (Å²) in [6.07, 6.45) is 1.58. The van der Waals surface area contributed by atoms with Crippen LogP contribution in [-0.2, 0) is 0 Å². The Morgan fingerprint density at radius 1 is 1.00 bits per heavy atom. The molecule has 0 unspecified atom stereocenters. The van der Waals surface area contributed by atoms with Gasteiger partial charge in [0.15, 0.2) is 17.6 Å². The molecule has 3 aromatic carbocycles. The summed E-state index contributed by atoms with van der Waals surface area (Å²) in [4.78, 5) is 4.46. The number of hydrogen-bond acceptors (Lipinski definition) is 4. The quantitative estimate of drug-likeness (QED) is 0.747. The molecule has 0 aliphatic carbocycles. The Kier molecular flexibility index (Phi) is 3.79. The summed E-state index contributed by atoms with van der Waals surface area (Å²) >= 11 is 0. The second-order valence-electron chi connectivity index (χ2n) is 5.71. The number of phenolic OH excluding ortho intramolecular Hbond substituents is 1. The molecule has 0 spiro atoms. The van der Waals surface area contributed by atoms with E-state index >= 15 is 0 Å². The van der Waals surface area contributed by atoms with Gasteiger partial charge in [-0.25, -0.2) is 0 Å². The number of ether oxygens (including phenoxy) is 2. The molecule has 1 aliphatic rings. The van der Waals surface area contributed by atoms with Crippen LogP contribution >= 0.6 is 0 Å². The molecule has 0 radical (unpaired) electrons. The van der Waals surface area contributed by atoms with Crippen LogP contribution in [0.2, 0.25) is 0 Å². The Morgan fingerprint density at radius 3 is 2.71 bits per heavy atom. The van der Waals surface area contributed by atoms with Crippen LogP contribution in [0.25, 0.3) is 10.8 Å². The molecule has 3 aromatic rings. The van der Waals surface area contributed by atoms with Crippen molar-refractivity contribution < 1.29 is 14.6 Å². The number of hydrogen-bond donors (Lipinski definition) is 1. The number of nitrogens with zero attached hydrogens (tertiary/aromatic N) is 1. The molecule has 120 valence electrons. The highest BCUT2D eigenvalue weighted by Crippen LogP contribution is 2.31. The summed E-state index contributed by atoms with van der Waals surface area (Å²) in [6, 6.07) is 19.1. The van der Waals surface area contributed by atoms with Crippen molar-refractivity contribution in [2.75, 3.05) is 13.2 Å². The smallest absolute Gasteiger partial charge is 0.161 e. The molecule has 1 N–H and O–H groups in total. The van der Waals surface area contributed by atoms with Gasteiger partial charge in [-0.3, -0.25) is 4.99 Å². The van der Waals surface area contributed by atoms with Crippen LogP contribution in [0.1, 0.15) is 5.56 Å². The largest absolute Gasteiger partial charge is 0.507 e. The van der Waals surface area contributed by atoms with E-state index in [1.165, 1.54) is 0 Å². The Hall–Kier alpha value is -3.01. The van der Waals surface area contributed by atoms with Gasteiger partial charge in [-0.2, -0.15) is 0 Å². The van der Waals surface area contributed by atoms with Gasteiger partial charge < -0.3 is 14.6 Å². The molecule has 0 saturated heterocycles. The van der Waals surface area contributed by atoms with Crippen LogP contribution in [0.15, 0.2) is 65.7 Å². The second-order valence-corrected chi connectivity index (χ2v) is 5.71. The number of aliphatic imine (C=N–C) groups is 1. The van der Waals surface area contributed by atoms with Crippen molar-refractivity contribution in [1.82, 2.24) is 0 Å². The molecule has 0 aromatic heterocycles. The summed E-state index contributed by atoms with van der Waals surface area (Å²) in [5.41, 5.74) is 0.727. The molecular weight excluding hydrogens is 302 g/mol. The fourth-order valence-corrected chi connectivity index (χ4v) is 2.83. The van der Waals surface area contributed by atoms with Gasteiger partial charge >= 0.3 is 0 Å². The summed E-state index contributed by atoms with van der Waals surface area (Å²) in [7, 11) is 0. The molecule has 4 nitrogen and oxygen atoms in total. The highest BCUT2D eigenvalue weighted by atomic mass is 16.6. The molecule has 4 heteroatoms. The van der Waals surface area contributed by atoms with Gasteiger partial charge in [0.25, 0.3) is 0 Å². The number of aromatic hydroxyl groups is 1. The van der Waals surface area contributed by atoms with E-state index in [0.717, 1.165) is 27.8 Å². The molecule has 0 bridgehead atoms. The Bertz CT molecular complexity index is 904. The molecule has 4 rings (SSSR count). The number of benzene rings is 3. The van der Waals surface area contributed by atoms with Crippen molar-refractivity contribution in [3.63, 3.8) is 0 Å². The van der Waals surface area contributed by atoms with Crippen LogP contribution < -0.4 is 9.47 Å². The van der Waals surface area contributed by atoms with Crippen molar-refractivity contribution in [3.05, 3.63) is 66.2 Å². The predicted octanol–water partition coefficient (Wildman–Crippen LogP) is 3.80. The fourth-order valence-electron chi connectivity index (χ4n) is 2.83. The monoisotopic (exact) mass is 319 g/mol. The molecule has 24 heavy (non-hydrogen) atoms. The van der Waals surface area contributed by atoms with E-state index in [1.807, 2.05) is 54.6 Å². The normalized spacial score (nSPS) is 16.6. The van der Waals surface area contributed by atoms with E-state index in [0.29, 0.717) is 13.2 Å². The predicted molar refractivity (Wildman–Crippen MR) is 94.4 cm³/mol. The van der Waals surface area contributed by atoms with E-state index in [1.54, 1.807) is 12.3 Å². The van der Waals surface area contributed by atoms with E-state index in [9.17, 15) is 5.11 Å². The Morgan fingerprint density at radius 2 is 1.79 bits per heavy atom. The Balaban J connectivity index is 1.52. The number of para-hydroxylation sites is 2. The second kappa shape index (κ2) is 6.24. The maximum Gasteiger partial charge on any atom is 0.161 e. The summed E-state index contributed by atoms with van der Waals surface area (Å²) in [5, 5.41) is 12.2. The zero-order valence-corrected chi connectivity index (χ0v) is 13.1. The average molecular weight is 319 g/mol. The van der Waals surface area contributed by atoms with E-state index in [-0.39, 0.29) is 11.9 Å². The molecule has 1 aliphatic heterocycles. The lowest BCUT2D eigenvalue weighted by molar-refractivity contribution is 0.0973. The third kappa shape index (κ3) is 2.78. The van der Waals surface area contributed by atoms with Gasteiger partial charge in [-0.1, -0.05) is 42.5 Å². The van der Waals surface area contributed by atoms with Crippen LogP contribution in [0, 0.1) is 0 Å². The van der Waals surface area contributed by atoms with Crippen LogP contribution in [0.5, 0.6) is 17.2 Å². The number of fused-ring (bicyclic) bond motifs is 2. The highest BCUT2D eigenvalue weighted by Gasteiger charge is 2.19. The standard InChI is InChI=1S/C20H17NO3/c22-18-10-9-14-5-1-2-6-16(14)17(18)12-21-11-15-13-23-19-7-3-4-8-20(19)24-15/h1-10,12,15,22H,11,13H2/t15-/m1/s1. The van der Waals surface area contributed by atoms with E-state index in [2.05, 4.69) is 4.99 Å². The van der Waals surface area contributed by atoms with Gasteiger partial charge in [0.2, 0.25) is 0 Å². The first-order valence-electron chi connectivity index (χ1n) is 7.90. The minimum absolute atomic E-state index is 0.131. The minimum Gasteiger partial charge on any atom is -0.507 e. The van der Waals surface area contributed by atoms with E-state index in [4.69, 9.17) is 9.47 Å². The molecule has 1 heterocycles. The van der Waals surface area contributed by atoms with Gasteiger partial charge in [-0.15, -0.1) is 0 Å². The topological polar surface area (TPSA) is 51.1 Å². The number of phenols is 1. The van der Waals surface area contributed by atoms with Gasteiger partial charge in [0.05, 0.1) is 6.54 Å². The molecule has 1 atom stereocenters. The molecule has 0 amide bonds. The summed E-state index contributed by atoms with van der Waals surface area (Å²) in [5.74, 6) is 1.74. The first-order valence-corrected chi connectivity index (χ1v) is 7.90. The van der Waals surface area contributed by atoms with Crippen LogP contribution in [0.3, 0.4) is 0 Å². The summed E-state index contributed by atoms with van der Waals surface area (Å²) < 4.78 is 11.6. The molecular formula is C20H17NO3. The van der Waals surface area contributed by atoms with Crippen molar-refractivity contribution >= 4 is 17.0 Å². The minimum atomic E-state index is -0.131. The van der Waals surface area contributed by atoms with Gasteiger partial charge in [-0.05, 0) is 29.0 Å². The van der Waals surface area contributed by atoms with Crippen molar-refractivity contribution in [1.29, 1.82) is 0 Å². The first kappa shape index (κ1) is 14.6. The first-order chi connectivity index (χ1) is 11.8. The third-order valence-electron chi connectivity index (χ3n) is 4.04. The lowest BCUT2D eigenvalue weighted by Crippen LogP contribution is -2.31. The molecule has 0 saturated carbocycles. The lowest BCUT2D eigenvalue weighted by atomic mass is 10.0.